The predicted octanol–water partition coefficient (Wildman–Crippen LogP) is 13.1. The van der Waals surface area contributed by atoms with Gasteiger partial charge in [-0.05, 0) is 111 Å². The molecule has 244 valence electrons. The molecule has 2 heterocycles. The summed E-state index contributed by atoms with van der Waals surface area (Å²) in [6.07, 6.45) is 0. The number of anilines is 6. The van der Waals surface area contributed by atoms with Crippen LogP contribution in [0.2, 0.25) is 0 Å². The molecule has 3 aliphatic rings. The van der Waals surface area contributed by atoms with Crippen molar-refractivity contribution < 1.29 is 4.74 Å². The van der Waals surface area contributed by atoms with E-state index < -0.39 is 5.41 Å². The molecule has 8 aromatic carbocycles. The molecule has 3 nitrogen and oxygen atoms in total. The Morgan fingerprint density at radius 3 is 1.62 bits per heavy atom. The second-order valence-corrected chi connectivity index (χ2v) is 13.7. The summed E-state index contributed by atoms with van der Waals surface area (Å²) in [5.74, 6) is 1.74. The van der Waals surface area contributed by atoms with E-state index in [0.717, 1.165) is 39.9 Å². The van der Waals surface area contributed by atoms with Crippen molar-refractivity contribution in [3.8, 4) is 33.8 Å². The first-order valence-electron chi connectivity index (χ1n) is 17.9. The van der Waals surface area contributed by atoms with Gasteiger partial charge in [0.05, 0.1) is 22.5 Å². The number of hydrogen-bond acceptors (Lipinski definition) is 3. The maximum atomic E-state index is 6.66. The number of rotatable bonds is 4. The maximum absolute atomic E-state index is 6.66. The molecule has 0 saturated heterocycles. The van der Waals surface area contributed by atoms with Gasteiger partial charge in [0.1, 0.15) is 0 Å². The van der Waals surface area contributed by atoms with Crippen molar-refractivity contribution >= 4 is 34.1 Å². The van der Waals surface area contributed by atoms with Crippen LogP contribution < -0.4 is 14.5 Å². The van der Waals surface area contributed by atoms with Crippen LogP contribution in [0.25, 0.3) is 22.3 Å². The van der Waals surface area contributed by atoms with Crippen LogP contribution in [0.3, 0.4) is 0 Å². The molecule has 0 radical (unpaired) electrons. The Bertz CT molecular complexity index is 2580. The van der Waals surface area contributed by atoms with Crippen LogP contribution in [0.15, 0.2) is 194 Å². The lowest BCUT2D eigenvalue weighted by molar-refractivity contribution is 0.473. The van der Waals surface area contributed by atoms with E-state index in [1.165, 1.54) is 50.2 Å². The van der Waals surface area contributed by atoms with Crippen molar-refractivity contribution in [2.45, 2.75) is 5.41 Å². The Morgan fingerprint density at radius 2 is 0.923 bits per heavy atom. The molecule has 11 rings (SSSR count). The Labute approximate surface area is 303 Å². The normalized spacial score (nSPS) is 13.7. The molecule has 3 heteroatoms. The standard InChI is InChI=1S/C49H32N2O/c1-3-14-35(15-4-1)50(36-16-5-2-6-17-36)37-29-26-33(27-30-37)34-28-31-44-43(32-34)49(40-20-9-7-18-38(40)39-19-8-10-21-41(39)49)42-22-13-25-47-48(42)51(44)45-23-11-12-24-46(45)52-47/h1-32H. The molecule has 52 heavy (non-hydrogen) atoms. The smallest absolute Gasteiger partial charge is 0.151 e. The molecule has 0 bridgehead atoms. The van der Waals surface area contributed by atoms with E-state index in [-0.39, 0.29) is 0 Å². The topological polar surface area (TPSA) is 15.7 Å². The van der Waals surface area contributed by atoms with E-state index in [9.17, 15) is 0 Å². The number of benzene rings is 8. The summed E-state index contributed by atoms with van der Waals surface area (Å²) in [5.41, 5.74) is 16.2. The lowest BCUT2D eigenvalue weighted by Gasteiger charge is -2.47. The summed E-state index contributed by atoms with van der Waals surface area (Å²) in [5, 5.41) is 0. The zero-order valence-corrected chi connectivity index (χ0v) is 28.3. The van der Waals surface area contributed by atoms with Crippen LogP contribution >= 0.6 is 0 Å². The molecule has 0 fully saturated rings. The molecule has 1 spiro atoms. The second kappa shape index (κ2) is 11.1. The highest BCUT2D eigenvalue weighted by molar-refractivity contribution is 6.00. The van der Waals surface area contributed by atoms with Gasteiger partial charge < -0.3 is 14.5 Å². The number of nitrogens with zero attached hydrogens (tertiary/aromatic N) is 2. The van der Waals surface area contributed by atoms with E-state index in [4.69, 9.17) is 4.74 Å². The second-order valence-electron chi connectivity index (χ2n) is 13.7. The average molecular weight is 665 g/mol. The van der Waals surface area contributed by atoms with Gasteiger partial charge in [-0.3, -0.25) is 0 Å². The zero-order chi connectivity index (χ0) is 34.2. The number of ether oxygens (including phenoxy) is 1. The van der Waals surface area contributed by atoms with Crippen molar-refractivity contribution in [1.29, 1.82) is 0 Å². The fraction of sp³-hybridized carbons (Fsp3) is 0.0204. The van der Waals surface area contributed by atoms with Crippen molar-refractivity contribution in [1.82, 2.24) is 0 Å². The highest BCUT2D eigenvalue weighted by atomic mass is 16.5. The fourth-order valence-corrected chi connectivity index (χ4v) is 8.93. The summed E-state index contributed by atoms with van der Waals surface area (Å²) in [6, 6.07) is 70.1. The molecule has 0 amide bonds. The first-order valence-corrected chi connectivity index (χ1v) is 17.9. The van der Waals surface area contributed by atoms with Crippen LogP contribution in [0, 0.1) is 0 Å². The summed E-state index contributed by atoms with van der Waals surface area (Å²) in [7, 11) is 0. The molecule has 8 aromatic rings. The zero-order valence-electron chi connectivity index (χ0n) is 28.3. The van der Waals surface area contributed by atoms with Crippen molar-refractivity contribution in [2.24, 2.45) is 0 Å². The molecule has 2 aliphatic heterocycles. The van der Waals surface area contributed by atoms with Crippen LogP contribution in [-0.4, -0.2) is 0 Å². The van der Waals surface area contributed by atoms with Gasteiger partial charge in [0, 0.05) is 17.1 Å². The lowest BCUT2D eigenvalue weighted by atomic mass is 9.64. The summed E-state index contributed by atoms with van der Waals surface area (Å²) in [4.78, 5) is 4.74. The SMILES string of the molecule is c1ccc(N(c2ccccc2)c2ccc(-c3ccc4c(c3)C3(c5ccccc5-c5ccccc53)c3cccc5c3N4c3ccccc3O5)cc2)cc1. The molecular formula is C49H32N2O. The summed E-state index contributed by atoms with van der Waals surface area (Å²) < 4.78 is 6.66. The minimum atomic E-state index is -0.534. The molecule has 1 aliphatic carbocycles. The number of fused-ring (bicyclic) bond motifs is 11. The highest BCUT2D eigenvalue weighted by Crippen LogP contribution is 2.67. The van der Waals surface area contributed by atoms with Crippen molar-refractivity contribution in [3.05, 3.63) is 216 Å². The molecule has 0 saturated carbocycles. The predicted molar refractivity (Wildman–Crippen MR) is 212 cm³/mol. The Kier molecular flexibility index (Phi) is 6.17. The molecule has 0 unspecified atom stereocenters. The summed E-state index contributed by atoms with van der Waals surface area (Å²) >= 11 is 0. The van der Waals surface area contributed by atoms with E-state index >= 15 is 0 Å². The van der Waals surface area contributed by atoms with Crippen molar-refractivity contribution in [3.63, 3.8) is 0 Å². The van der Waals surface area contributed by atoms with Gasteiger partial charge in [0.25, 0.3) is 0 Å². The molecule has 0 N–H and O–H groups in total. The van der Waals surface area contributed by atoms with Gasteiger partial charge in [-0.2, -0.15) is 0 Å². The molecule has 0 aromatic heterocycles. The quantitative estimate of drug-likeness (QED) is 0.186. The fourth-order valence-electron chi connectivity index (χ4n) is 8.93. The molecule has 0 atom stereocenters. The monoisotopic (exact) mass is 664 g/mol. The number of para-hydroxylation sites is 5. The lowest BCUT2D eigenvalue weighted by Crippen LogP contribution is -2.37. The highest BCUT2D eigenvalue weighted by Gasteiger charge is 2.53. The van der Waals surface area contributed by atoms with Gasteiger partial charge in [0.2, 0.25) is 0 Å². The Balaban J connectivity index is 1.14. The van der Waals surface area contributed by atoms with Gasteiger partial charge in [-0.1, -0.05) is 127 Å². The van der Waals surface area contributed by atoms with Crippen LogP contribution in [0.4, 0.5) is 34.1 Å². The van der Waals surface area contributed by atoms with E-state index in [1.54, 1.807) is 0 Å². The first-order chi connectivity index (χ1) is 25.8. The van der Waals surface area contributed by atoms with Gasteiger partial charge in [0.15, 0.2) is 11.5 Å². The third-order valence-electron chi connectivity index (χ3n) is 11.0. The minimum absolute atomic E-state index is 0.534. The number of hydrogen-bond donors (Lipinski definition) is 0. The van der Waals surface area contributed by atoms with E-state index in [0.29, 0.717) is 0 Å². The van der Waals surface area contributed by atoms with E-state index in [2.05, 4.69) is 198 Å². The van der Waals surface area contributed by atoms with Gasteiger partial charge >= 0.3 is 0 Å². The average Bonchev–Trinajstić information content (AvgIpc) is 3.51. The third-order valence-corrected chi connectivity index (χ3v) is 11.0. The third kappa shape index (κ3) is 3.96. The van der Waals surface area contributed by atoms with Gasteiger partial charge in [-0.25, -0.2) is 0 Å². The van der Waals surface area contributed by atoms with Crippen LogP contribution in [-0.2, 0) is 5.41 Å². The first kappa shape index (κ1) is 28.9. The Hall–Kier alpha value is -6.84. The van der Waals surface area contributed by atoms with Crippen molar-refractivity contribution in [2.75, 3.05) is 9.80 Å². The van der Waals surface area contributed by atoms with Crippen LogP contribution in [0.1, 0.15) is 22.3 Å². The van der Waals surface area contributed by atoms with Crippen LogP contribution in [0.5, 0.6) is 11.5 Å². The Morgan fingerprint density at radius 1 is 0.385 bits per heavy atom. The minimum Gasteiger partial charge on any atom is -0.453 e. The maximum Gasteiger partial charge on any atom is 0.151 e. The van der Waals surface area contributed by atoms with Gasteiger partial charge in [-0.15, -0.1) is 0 Å². The largest absolute Gasteiger partial charge is 0.453 e. The van der Waals surface area contributed by atoms with E-state index in [1.807, 2.05) is 6.07 Å². The summed E-state index contributed by atoms with van der Waals surface area (Å²) in [6.45, 7) is 0. The molecular weight excluding hydrogens is 633 g/mol.